The first-order valence-electron chi connectivity index (χ1n) is 5.01. The second-order valence-electron chi connectivity index (χ2n) is 4.16. The number of halogens is 3. The molecule has 1 aromatic rings. The lowest BCUT2D eigenvalue weighted by Gasteiger charge is -2.31. The van der Waals surface area contributed by atoms with Gasteiger partial charge < -0.3 is 10.8 Å². The van der Waals surface area contributed by atoms with Gasteiger partial charge in [0.05, 0.1) is 0 Å². The minimum Gasteiger partial charge on any atom is -0.399 e. The van der Waals surface area contributed by atoms with Gasteiger partial charge in [-0.15, -0.1) is 0 Å². The maximum Gasteiger partial charge on any atom is 0.421 e. The molecule has 0 aliphatic heterocycles. The predicted octanol–water partition coefficient (Wildman–Crippen LogP) is 2.43. The van der Waals surface area contributed by atoms with Crippen LogP contribution in [0, 0.1) is 5.92 Å². The zero-order chi connectivity index (χ0) is 12.0. The van der Waals surface area contributed by atoms with Crippen molar-refractivity contribution in [1.82, 2.24) is 0 Å². The third-order valence-electron chi connectivity index (χ3n) is 2.95. The van der Waals surface area contributed by atoms with Crippen molar-refractivity contribution in [2.24, 2.45) is 5.92 Å². The predicted molar refractivity (Wildman–Crippen MR) is 53.5 cm³/mol. The summed E-state index contributed by atoms with van der Waals surface area (Å²) in [7, 11) is 0. The molecule has 2 rings (SSSR count). The van der Waals surface area contributed by atoms with Gasteiger partial charge in [-0.2, -0.15) is 13.2 Å². The van der Waals surface area contributed by atoms with Crippen LogP contribution >= 0.6 is 0 Å². The Morgan fingerprint density at radius 1 is 1.12 bits per heavy atom. The van der Waals surface area contributed by atoms with Crippen LogP contribution < -0.4 is 5.73 Å². The highest BCUT2D eigenvalue weighted by Crippen LogP contribution is 2.54. The van der Waals surface area contributed by atoms with Crippen molar-refractivity contribution in [2.75, 3.05) is 5.73 Å². The third kappa shape index (κ3) is 1.65. The van der Waals surface area contributed by atoms with Gasteiger partial charge in [-0.25, -0.2) is 0 Å². The molecule has 0 bridgehead atoms. The molecule has 1 atom stereocenters. The van der Waals surface area contributed by atoms with E-state index in [9.17, 15) is 18.3 Å². The highest BCUT2D eigenvalue weighted by Gasteiger charge is 2.62. The van der Waals surface area contributed by atoms with Gasteiger partial charge >= 0.3 is 6.18 Å². The minimum atomic E-state index is -4.65. The number of aliphatic hydroxyl groups is 1. The molecule has 1 fully saturated rings. The summed E-state index contributed by atoms with van der Waals surface area (Å²) in [5, 5.41) is 9.88. The van der Waals surface area contributed by atoms with Gasteiger partial charge in [0.25, 0.3) is 0 Å². The van der Waals surface area contributed by atoms with Crippen LogP contribution in [-0.2, 0) is 5.60 Å². The van der Waals surface area contributed by atoms with Crippen molar-refractivity contribution in [3.63, 3.8) is 0 Å². The number of nitrogens with two attached hydrogens (primary N) is 1. The van der Waals surface area contributed by atoms with E-state index in [0.717, 1.165) is 0 Å². The van der Waals surface area contributed by atoms with Gasteiger partial charge in [-0.3, -0.25) is 0 Å². The van der Waals surface area contributed by atoms with Crippen LogP contribution in [0.15, 0.2) is 24.3 Å². The van der Waals surface area contributed by atoms with Crippen LogP contribution in [0.4, 0.5) is 18.9 Å². The largest absolute Gasteiger partial charge is 0.421 e. The molecule has 0 heterocycles. The standard InChI is InChI=1S/C11H12F3NO/c12-11(13,14)10(16,7-1-2-7)8-3-5-9(15)6-4-8/h3-7,16H,1-2,15H2. The lowest BCUT2D eigenvalue weighted by molar-refractivity contribution is -0.275. The Morgan fingerprint density at radius 2 is 1.62 bits per heavy atom. The quantitative estimate of drug-likeness (QED) is 0.768. The maximum absolute atomic E-state index is 12.9. The molecule has 2 nitrogen and oxygen atoms in total. The number of nitrogen functional groups attached to an aromatic ring is 1. The summed E-state index contributed by atoms with van der Waals surface area (Å²) < 4.78 is 38.7. The Bertz CT molecular complexity index is 383. The van der Waals surface area contributed by atoms with E-state index in [2.05, 4.69) is 0 Å². The topological polar surface area (TPSA) is 46.2 Å². The SMILES string of the molecule is Nc1ccc(C(O)(C2CC2)C(F)(F)F)cc1. The van der Waals surface area contributed by atoms with Crippen molar-refractivity contribution in [3.05, 3.63) is 29.8 Å². The maximum atomic E-state index is 12.9. The van der Waals surface area contributed by atoms with Crippen molar-refractivity contribution in [3.8, 4) is 0 Å². The molecule has 1 aliphatic rings. The summed E-state index contributed by atoms with van der Waals surface area (Å²) in [5.41, 5.74) is 2.94. The molecule has 0 saturated heterocycles. The number of hydrogen-bond donors (Lipinski definition) is 2. The number of anilines is 1. The van der Waals surface area contributed by atoms with Crippen molar-refractivity contribution in [2.45, 2.75) is 24.6 Å². The van der Waals surface area contributed by atoms with Crippen molar-refractivity contribution >= 4 is 5.69 Å². The summed E-state index contributed by atoms with van der Waals surface area (Å²) >= 11 is 0. The highest BCUT2D eigenvalue weighted by molar-refractivity contribution is 5.41. The van der Waals surface area contributed by atoms with Crippen molar-refractivity contribution in [1.29, 1.82) is 0 Å². The van der Waals surface area contributed by atoms with E-state index < -0.39 is 17.7 Å². The molecule has 0 amide bonds. The summed E-state index contributed by atoms with van der Waals surface area (Å²) in [5.74, 6) is -0.726. The summed E-state index contributed by atoms with van der Waals surface area (Å²) in [4.78, 5) is 0. The lowest BCUT2D eigenvalue weighted by atomic mass is 9.88. The van der Waals surface area contributed by atoms with Crippen LogP contribution in [0.25, 0.3) is 0 Å². The smallest absolute Gasteiger partial charge is 0.399 e. The number of benzene rings is 1. The van der Waals surface area contributed by atoms with Crippen LogP contribution in [0.2, 0.25) is 0 Å². The Morgan fingerprint density at radius 3 is 2.00 bits per heavy atom. The van der Waals surface area contributed by atoms with Gasteiger partial charge in [0.15, 0.2) is 5.60 Å². The van der Waals surface area contributed by atoms with Gasteiger partial charge in [-0.05, 0) is 30.5 Å². The van der Waals surface area contributed by atoms with Crippen LogP contribution in [0.1, 0.15) is 18.4 Å². The number of alkyl halides is 3. The fourth-order valence-corrected chi connectivity index (χ4v) is 1.87. The van der Waals surface area contributed by atoms with E-state index in [1.807, 2.05) is 0 Å². The zero-order valence-electron chi connectivity index (χ0n) is 8.46. The Labute approximate surface area is 90.9 Å². The normalized spacial score (nSPS) is 20.5. The second kappa shape index (κ2) is 3.38. The fraction of sp³-hybridized carbons (Fsp3) is 0.455. The first-order chi connectivity index (χ1) is 7.35. The molecular weight excluding hydrogens is 219 g/mol. The molecule has 1 aliphatic carbocycles. The zero-order valence-corrected chi connectivity index (χ0v) is 8.46. The summed E-state index contributed by atoms with van der Waals surface area (Å²) in [6, 6.07) is 5.21. The van der Waals surface area contributed by atoms with E-state index in [1.54, 1.807) is 0 Å². The van der Waals surface area contributed by atoms with E-state index in [-0.39, 0.29) is 5.56 Å². The fourth-order valence-electron chi connectivity index (χ4n) is 1.87. The molecule has 1 unspecified atom stereocenters. The van der Waals surface area contributed by atoms with Gasteiger partial charge in [0.2, 0.25) is 0 Å². The number of rotatable bonds is 2. The van der Waals surface area contributed by atoms with Crippen LogP contribution in [0.3, 0.4) is 0 Å². The Kier molecular flexibility index (Phi) is 2.38. The minimum absolute atomic E-state index is 0.128. The molecule has 1 aromatic carbocycles. The average molecular weight is 231 g/mol. The second-order valence-corrected chi connectivity index (χ2v) is 4.16. The van der Waals surface area contributed by atoms with Crippen LogP contribution in [0.5, 0.6) is 0 Å². The monoisotopic (exact) mass is 231 g/mol. The van der Waals surface area contributed by atoms with E-state index in [4.69, 9.17) is 5.73 Å². The molecule has 0 aromatic heterocycles. The summed E-state index contributed by atoms with van der Waals surface area (Å²) in [6.07, 6.45) is -3.84. The third-order valence-corrected chi connectivity index (χ3v) is 2.95. The Balaban J connectivity index is 2.43. The molecule has 1 saturated carbocycles. The van der Waals surface area contributed by atoms with Gasteiger partial charge in [0, 0.05) is 11.6 Å². The first kappa shape index (κ1) is 11.3. The van der Waals surface area contributed by atoms with Crippen LogP contribution in [-0.4, -0.2) is 11.3 Å². The van der Waals surface area contributed by atoms with Gasteiger partial charge in [0.1, 0.15) is 0 Å². The highest BCUT2D eigenvalue weighted by atomic mass is 19.4. The van der Waals surface area contributed by atoms with E-state index >= 15 is 0 Å². The average Bonchev–Trinajstić information content (AvgIpc) is 2.99. The molecule has 5 heteroatoms. The molecule has 0 spiro atoms. The van der Waals surface area contributed by atoms with E-state index in [1.165, 1.54) is 24.3 Å². The first-order valence-corrected chi connectivity index (χ1v) is 5.01. The molecule has 88 valence electrons. The molecule has 16 heavy (non-hydrogen) atoms. The lowest BCUT2D eigenvalue weighted by Crippen LogP contribution is -2.44. The molecular formula is C11H12F3NO. The van der Waals surface area contributed by atoms with Crippen molar-refractivity contribution < 1.29 is 18.3 Å². The van der Waals surface area contributed by atoms with E-state index in [0.29, 0.717) is 18.5 Å². The summed E-state index contributed by atoms with van der Waals surface area (Å²) in [6.45, 7) is 0. The molecule has 3 N–H and O–H groups in total. The molecule has 0 radical (unpaired) electrons. The van der Waals surface area contributed by atoms with Gasteiger partial charge in [-0.1, -0.05) is 12.1 Å². The Hall–Kier alpha value is -1.23. The number of hydrogen-bond acceptors (Lipinski definition) is 2.